The van der Waals surface area contributed by atoms with Crippen LogP contribution < -0.4 is 5.32 Å². The Balaban J connectivity index is 3.21. The van der Waals surface area contributed by atoms with Crippen LogP contribution in [0.4, 0.5) is 0 Å². The van der Waals surface area contributed by atoms with E-state index in [2.05, 4.69) is 52.9 Å². The molecule has 1 aromatic carbocycles. The lowest BCUT2D eigenvalue weighted by molar-refractivity contribution is -0.119. The fraction of sp³-hybridized carbons (Fsp3) is 0.632. The number of aliphatic hydroxyl groups excluding tert-OH is 2. The summed E-state index contributed by atoms with van der Waals surface area (Å²) in [4.78, 5) is 11.0. The molecule has 0 spiro atoms. The van der Waals surface area contributed by atoms with Gasteiger partial charge in [0.25, 0.3) is 0 Å². The van der Waals surface area contributed by atoms with Crippen LogP contribution in [0.25, 0.3) is 0 Å². The van der Waals surface area contributed by atoms with E-state index in [0.29, 0.717) is 5.56 Å². The van der Waals surface area contributed by atoms with Crippen molar-refractivity contribution in [1.29, 1.82) is 0 Å². The molecule has 0 saturated heterocycles. The molecule has 0 bridgehead atoms. The number of carbonyl (C=O) groups excluding carboxylic acids is 1. The summed E-state index contributed by atoms with van der Waals surface area (Å²) in [6.07, 6.45) is -2.08. The number of benzene rings is 1. The Kier molecular flexibility index (Phi) is 6.00. The summed E-state index contributed by atoms with van der Waals surface area (Å²) in [6, 6.07) is 6.05. The van der Waals surface area contributed by atoms with E-state index in [-0.39, 0.29) is 23.3 Å². The third kappa shape index (κ3) is 5.63. The smallest absolute Gasteiger partial charge is 0.216 e. The molecule has 2 atom stereocenters. The lowest BCUT2D eigenvalue weighted by Crippen LogP contribution is -2.34. The molecular weight excluding hydrogens is 290 g/mol. The fourth-order valence-corrected chi connectivity index (χ4v) is 2.27. The lowest BCUT2D eigenvalue weighted by atomic mass is 9.79. The van der Waals surface area contributed by atoms with Crippen molar-refractivity contribution in [1.82, 2.24) is 5.32 Å². The molecule has 3 N–H and O–H groups in total. The molecule has 4 nitrogen and oxygen atoms in total. The van der Waals surface area contributed by atoms with Gasteiger partial charge in [-0.2, -0.15) is 0 Å². The topological polar surface area (TPSA) is 69.6 Å². The molecule has 0 saturated carbocycles. The van der Waals surface area contributed by atoms with Gasteiger partial charge in [0.2, 0.25) is 5.91 Å². The Morgan fingerprint density at radius 3 is 1.78 bits per heavy atom. The van der Waals surface area contributed by atoms with E-state index in [1.807, 2.05) is 12.1 Å². The van der Waals surface area contributed by atoms with Gasteiger partial charge in [0.1, 0.15) is 12.2 Å². The summed E-state index contributed by atoms with van der Waals surface area (Å²) >= 11 is 0. The molecule has 0 aliphatic carbocycles. The van der Waals surface area contributed by atoms with Crippen molar-refractivity contribution in [2.45, 2.75) is 71.5 Å². The highest BCUT2D eigenvalue weighted by Gasteiger charge is 2.25. The molecule has 0 aliphatic heterocycles. The van der Waals surface area contributed by atoms with Crippen molar-refractivity contribution in [3.05, 3.63) is 34.9 Å². The zero-order chi connectivity index (χ0) is 18.0. The second kappa shape index (κ2) is 7.02. The lowest BCUT2D eigenvalue weighted by Gasteiger charge is -2.28. The molecule has 0 radical (unpaired) electrons. The highest BCUT2D eigenvalue weighted by atomic mass is 16.3. The normalized spacial score (nSPS) is 15.2. The van der Waals surface area contributed by atoms with Gasteiger partial charge >= 0.3 is 0 Å². The Morgan fingerprint density at radius 1 is 1.00 bits per heavy atom. The van der Waals surface area contributed by atoms with E-state index in [4.69, 9.17) is 0 Å². The largest absolute Gasteiger partial charge is 0.388 e. The van der Waals surface area contributed by atoms with Gasteiger partial charge in [0.05, 0.1) is 0 Å². The standard InChI is InChI=1S/C19H31NO3/c1-12(21)20-11-16(22)17(23)13-8-14(18(2,3)4)10-15(9-13)19(5,6)7/h8-10,16-17,22-23H,11H2,1-7H3,(H,20,21). The van der Waals surface area contributed by atoms with Gasteiger partial charge in [0, 0.05) is 13.5 Å². The number of hydrogen-bond acceptors (Lipinski definition) is 3. The molecule has 0 fully saturated rings. The first-order chi connectivity index (χ1) is 10.3. The molecule has 0 heterocycles. The van der Waals surface area contributed by atoms with Crippen LogP contribution in [0.15, 0.2) is 18.2 Å². The maximum atomic E-state index is 11.0. The van der Waals surface area contributed by atoms with Crippen molar-refractivity contribution in [2.24, 2.45) is 0 Å². The average Bonchev–Trinajstić information content (AvgIpc) is 2.41. The molecule has 0 aromatic heterocycles. The maximum absolute atomic E-state index is 11.0. The molecule has 2 unspecified atom stereocenters. The first-order valence-corrected chi connectivity index (χ1v) is 8.09. The van der Waals surface area contributed by atoms with Gasteiger partial charge in [0.15, 0.2) is 0 Å². The number of nitrogens with one attached hydrogen (secondary N) is 1. The zero-order valence-corrected chi connectivity index (χ0v) is 15.4. The second-order valence-electron chi connectivity index (χ2n) is 8.29. The van der Waals surface area contributed by atoms with Gasteiger partial charge in [-0.3, -0.25) is 4.79 Å². The Hall–Kier alpha value is -1.39. The summed E-state index contributed by atoms with van der Waals surface area (Å²) in [7, 11) is 0. The predicted octanol–water partition coefficient (Wildman–Crippen LogP) is 2.81. The van der Waals surface area contributed by atoms with E-state index in [0.717, 1.165) is 11.1 Å². The maximum Gasteiger partial charge on any atom is 0.216 e. The molecule has 1 amide bonds. The predicted molar refractivity (Wildman–Crippen MR) is 93.5 cm³/mol. The molecule has 130 valence electrons. The number of aliphatic hydroxyl groups is 2. The van der Waals surface area contributed by atoms with Crippen molar-refractivity contribution in [3.63, 3.8) is 0 Å². The highest BCUT2D eigenvalue weighted by molar-refractivity contribution is 5.72. The van der Waals surface area contributed by atoms with E-state index in [9.17, 15) is 15.0 Å². The minimum Gasteiger partial charge on any atom is -0.388 e. The van der Waals surface area contributed by atoms with Crippen LogP contribution in [-0.4, -0.2) is 28.8 Å². The molecule has 1 aromatic rings. The summed E-state index contributed by atoms with van der Waals surface area (Å²) < 4.78 is 0. The highest BCUT2D eigenvalue weighted by Crippen LogP contribution is 2.32. The van der Waals surface area contributed by atoms with Crippen LogP contribution in [0.2, 0.25) is 0 Å². The average molecular weight is 321 g/mol. The van der Waals surface area contributed by atoms with Crippen LogP contribution in [0, 0.1) is 0 Å². The van der Waals surface area contributed by atoms with Gasteiger partial charge in [-0.05, 0) is 27.5 Å². The van der Waals surface area contributed by atoms with Gasteiger partial charge in [-0.1, -0.05) is 59.7 Å². The monoisotopic (exact) mass is 321 g/mol. The summed E-state index contributed by atoms with van der Waals surface area (Å²) in [5.41, 5.74) is 2.80. The van der Waals surface area contributed by atoms with E-state index >= 15 is 0 Å². The summed E-state index contributed by atoms with van der Waals surface area (Å²) in [5.74, 6) is -0.227. The number of hydrogen-bond donors (Lipinski definition) is 3. The second-order valence-corrected chi connectivity index (χ2v) is 8.29. The van der Waals surface area contributed by atoms with Crippen molar-refractivity contribution in [2.75, 3.05) is 6.54 Å². The van der Waals surface area contributed by atoms with Crippen LogP contribution in [0.1, 0.15) is 71.3 Å². The molecule has 23 heavy (non-hydrogen) atoms. The molecule has 1 rings (SSSR count). The van der Waals surface area contributed by atoms with E-state index in [1.165, 1.54) is 6.92 Å². The number of amides is 1. The number of carbonyl (C=O) groups is 1. The van der Waals surface area contributed by atoms with Crippen LogP contribution in [0.3, 0.4) is 0 Å². The van der Waals surface area contributed by atoms with Crippen molar-refractivity contribution < 1.29 is 15.0 Å². The Morgan fingerprint density at radius 2 is 1.43 bits per heavy atom. The Bertz CT molecular complexity index is 520. The minimum atomic E-state index is -1.04. The quantitative estimate of drug-likeness (QED) is 0.798. The van der Waals surface area contributed by atoms with Crippen LogP contribution in [0.5, 0.6) is 0 Å². The first kappa shape index (κ1) is 19.7. The summed E-state index contributed by atoms with van der Waals surface area (Å²) in [5, 5.41) is 23.2. The zero-order valence-electron chi connectivity index (χ0n) is 15.4. The van der Waals surface area contributed by atoms with Crippen molar-refractivity contribution in [3.8, 4) is 0 Å². The van der Waals surface area contributed by atoms with Crippen molar-refractivity contribution >= 4 is 5.91 Å². The molecule has 4 heteroatoms. The SMILES string of the molecule is CC(=O)NCC(O)C(O)c1cc(C(C)(C)C)cc(C(C)(C)C)c1. The van der Waals surface area contributed by atoms with E-state index < -0.39 is 12.2 Å². The Labute approximate surface area is 139 Å². The first-order valence-electron chi connectivity index (χ1n) is 8.09. The third-order valence-electron chi connectivity index (χ3n) is 3.95. The minimum absolute atomic E-state index is 0.0289. The third-order valence-corrected chi connectivity index (χ3v) is 3.95. The fourth-order valence-electron chi connectivity index (χ4n) is 2.27. The number of rotatable bonds is 4. The van der Waals surface area contributed by atoms with Gasteiger partial charge < -0.3 is 15.5 Å². The molecular formula is C19H31NO3. The van der Waals surface area contributed by atoms with Crippen LogP contribution >= 0.6 is 0 Å². The van der Waals surface area contributed by atoms with E-state index in [1.54, 1.807) is 0 Å². The molecule has 0 aliphatic rings. The van der Waals surface area contributed by atoms with Gasteiger partial charge in [-0.15, -0.1) is 0 Å². The van der Waals surface area contributed by atoms with Gasteiger partial charge in [-0.25, -0.2) is 0 Å². The van der Waals surface area contributed by atoms with Crippen LogP contribution in [-0.2, 0) is 15.6 Å². The summed E-state index contributed by atoms with van der Waals surface area (Å²) in [6.45, 7) is 14.2.